The number of nitrogens with zero attached hydrogens (tertiary/aromatic N) is 2. The van der Waals surface area contributed by atoms with Crippen LogP contribution < -0.4 is 10.6 Å². The van der Waals surface area contributed by atoms with Gasteiger partial charge in [-0.3, -0.25) is 9.79 Å². The number of guanidine groups is 1. The summed E-state index contributed by atoms with van der Waals surface area (Å²) in [7, 11) is 0. The van der Waals surface area contributed by atoms with E-state index in [1.54, 1.807) is 0 Å². The van der Waals surface area contributed by atoms with E-state index >= 15 is 0 Å². The van der Waals surface area contributed by atoms with E-state index in [9.17, 15) is 4.79 Å². The molecule has 5 nitrogen and oxygen atoms in total. The summed E-state index contributed by atoms with van der Waals surface area (Å²) in [5, 5.41) is 6.61. The van der Waals surface area contributed by atoms with Crippen molar-refractivity contribution in [3.63, 3.8) is 0 Å². The van der Waals surface area contributed by atoms with Gasteiger partial charge in [-0.15, -0.1) is 0 Å². The maximum absolute atomic E-state index is 11.8. The van der Waals surface area contributed by atoms with E-state index < -0.39 is 0 Å². The molecule has 0 radical (unpaired) electrons. The zero-order valence-corrected chi connectivity index (χ0v) is 13.2. The van der Waals surface area contributed by atoms with E-state index in [1.807, 2.05) is 0 Å². The van der Waals surface area contributed by atoms with Gasteiger partial charge in [0, 0.05) is 38.6 Å². The second-order valence-electron chi connectivity index (χ2n) is 5.23. The first-order valence-electron chi connectivity index (χ1n) is 8.04. The highest BCUT2D eigenvalue weighted by atomic mass is 16.2. The molecule has 0 aromatic rings. The van der Waals surface area contributed by atoms with Crippen LogP contribution in [0.15, 0.2) is 4.99 Å². The zero-order valence-electron chi connectivity index (χ0n) is 13.2. The Labute approximate surface area is 123 Å². The highest BCUT2D eigenvalue weighted by molar-refractivity contribution is 5.80. The van der Waals surface area contributed by atoms with Crippen LogP contribution in [0.4, 0.5) is 0 Å². The van der Waals surface area contributed by atoms with E-state index in [4.69, 9.17) is 0 Å². The number of rotatable bonds is 8. The van der Waals surface area contributed by atoms with Gasteiger partial charge in [-0.05, 0) is 32.6 Å². The second kappa shape index (κ2) is 9.61. The lowest BCUT2D eigenvalue weighted by Gasteiger charge is -2.27. The van der Waals surface area contributed by atoms with Crippen molar-refractivity contribution in [3.8, 4) is 0 Å². The van der Waals surface area contributed by atoms with Gasteiger partial charge in [0.2, 0.25) is 5.91 Å². The summed E-state index contributed by atoms with van der Waals surface area (Å²) in [5.41, 5.74) is 0. The van der Waals surface area contributed by atoms with Crippen LogP contribution in [0.5, 0.6) is 0 Å². The molecule has 20 heavy (non-hydrogen) atoms. The average Bonchev–Trinajstić information content (AvgIpc) is 2.87. The normalized spacial score (nSPS) is 17.4. The molecule has 1 fully saturated rings. The molecule has 0 aromatic heterocycles. The van der Waals surface area contributed by atoms with Crippen LogP contribution in [-0.4, -0.2) is 49.0 Å². The Kier molecular flexibility index (Phi) is 8.07. The fourth-order valence-electron chi connectivity index (χ4n) is 2.56. The number of nitrogens with one attached hydrogen (secondary N) is 2. The van der Waals surface area contributed by atoms with Crippen LogP contribution >= 0.6 is 0 Å². The van der Waals surface area contributed by atoms with Gasteiger partial charge < -0.3 is 15.5 Å². The number of carbonyl (C=O) groups excluding carboxylic acids is 1. The summed E-state index contributed by atoms with van der Waals surface area (Å²) in [6.07, 6.45) is 4.80. The minimum atomic E-state index is 0.323. The maximum atomic E-state index is 11.8. The van der Waals surface area contributed by atoms with Crippen molar-refractivity contribution in [3.05, 3.63) is 0 Å². The number of likely N-dealkylation sites (tertiary alicyclic amines) is 1. The molecule has 1 amide bonds. The lowest BCUT2D eigenvalue weighted by Crippen LogP contribution is -2.42. The van der Waals surface area contributed by atoms with E-state index in [0.29, 0.717) is 11.9 Å². The van der Waals surface area contributed by atoms with Crippen LogP contribution in [0.25, 0.3) is 0 Å². The van der Waals surface area contributed by atoms with Gasteiger partial charge in [0.05, 0.1) is 0 Å². The van der Waals surface area contributed by atoms with Gasteiger partial charge in [-0.1, -0.05) is 13.8 Å². The van der Waals surface area contributed by atoms with Crippen molar-refractivity contribution >= 4 is 11.9 Å². The summed E-state index contributed by atoms with van der Waals surface area (Å²) >= 11 is 0. The van der Waals surface area contributed by atoms with E-state index in [1.165, 1.54) is 0 Å². The maximum Gasteiger partial charge on any atom is 0.222 e. The molecule has 1 heterocycles. The van der Waals surface area contributed by atoms with E-state index in [-0.39, 0.29) is 0 Å². The largest absolute Gasteiger partial charge is 0.357 e. The molecule has 1 aliphatic rings. The fourth-order valence-corrected chi connectivity index (χ4v) is 2.56. The molecule has 1 aliphatic heterocycles. The molecule has 0 bridgehead atoms. The van der Waals surface area contributed by atoms with Crippen LogP contribution in [0.1, 0.15) is 52.9 Å². The Morgan fingerprint density at radius 3 is 2.70 bits per heavy atom. The van der Waals surface area contributed by atoms with Crippen molar-refractivity contribution in [2.45, 2.75) is 58.9 Å². The fraction of sp³-hybridized carbons (Fsp3) is 0.867. The average molecular weight is 282 g/mol. The third-order valence-corrected chi connectivity index (χ3v) is 3.63. The molecule has 0 aromatic carbocycles. The van der Waals surface area contributed by atoms with Crippen molar-refractivity contribution in [1.29, 1.82) is 0 Å². The summed E-state index contributed by atoms with van der Waals surface area (Å²) in [6, 6.07) is 0.367. The third-order valence-electron chi connectivity index (χ3n) is 3.63. The van der Waals surface area contributed by atoms with E-state index in [2.05, 4.69) is 41.3 Å². The van der Waals surface area contributed by atoms with Crippen LogP contribution in [-0.2, 0) is 4.79 Å². The van der Waals surface area contributed by atoms with Crippen LogP contribution in [0.2, 0.25) is 0 Å². The van der Waals surface area contributed by atoms with Gasteiger partial charge in [0.1, 0.15) is 0 Å². The predicted molar refractivity (Wildman–Crippen MR) is 83.9 cm³/mol. The molecule has 116 valence electrons. The zero-order chi connectivity index (χ0) is 14.8. The molecule has 1 saturated heterocycles. The number of hydrogen-bond donors (Lipinski definition) is 2. The molecule has 2 N–H and O–H groups in total. The first-order chi connectivity index (χ1) is 9.72. The minimum Gasteiger partial charge on any atom is -0.357 e. The van der Waals surface area contributed by atoms with Crippen molar-refractivity contribution in [1.82, 2.24) is 15.5 Å². The SMILES string of the molecule is CCCN=C(NCC)NCCC(CC)N1CCCC1=O. The molecule has 0 spiro atoms. The van der Waals surface area contributed by atoms with Crippen LogP contribution in [0.3, 0.4) is 0 Å². The topological polar surface area (TPSA) is 56.7 Å². The quantitative estimate of drug-likeness (QED) is 0.527. The van der Waals surface area contributed by atoms with Gasteiger partial charge in [-0.2, -0.15) is 0 Å². The molecule has 0 aliphatic carbocycles. The van der Waals surface area contributed by atoms with Crippen molar-refractivity contribution in [2.75, 3.05) is 26.2 Å². The lowest BCUT2D eigenvalue weighted by molar-refractivity contribution is -0.129. The Balaban J connectivity index is 2.37. The van der Waals surface area contributed by atoms with Gasteiger partial charge >= 0.3 is 0 Å². The highest BCUT2D eigenvalue weighted by Crippen LogP contribution is 2.17. The Bertz CT molecular complexity index is 317. The summed E-state index contributed by atoms with van der Waals surface area (Å²) < 4.78 is 0. The molecular formula is C15H30N4O. The number of hydrogen-bond acceptors (Lipinski definition) is 2. The molecule has 1 unspecified atom stereocenters. The standard InChI is InChI=1S/C15H30N4O/c1-4-10-17-15(16-6-3)18-11-9-13(5-2)19-12-7-8-14(19)20/h13H,4-12H2,1-3H3,(H2,16,17,18). The molecule has 5 heteroatoms. The Morgan fingerprint density at radius 2 is 2.15 bits per heavy atom. The number of aliphatic imine (C=N–C) groups is 1. The summed E-state index contributed by atoms with van der Waals surface area (Å²) in [6.45, 7) is 9.86. The predicted octanol–water partition coefficient (Wildman–Crippen LogP) is 1.74. The van der Waals surface area contributed by atoms with Crippen molar-refractivity contribution < 1.29 is 4.79 Å². The molecule has 0 saturated carbocycles. The molecule has 1 rings (SSSR count). The van der Waals surface area contributed by atoms with Crippen LogP contribution in [0, 0.1) is 0 Å². The van der Waals surface area contributed by atoms with Gasteiger partial charge in [-0.25, -0.2) is 0 Å². The molecular weight excluding hydrogens is 252 g/mol. The number of carbonyl (C=O) groups is 1. The second-order valence-corrected chi connectivity index (χ2v) is 5.23. The van der Waals surface area contributed by atoms with Gasteiger partial charge in [0.15, 0.2) is 5.96 Å². The van der Waals surface area contributed by atoms with E-state index in [0.717, 1.165) is 64.2 Å². The molecule has 1 atom stereocenters. The highest BCUT2D eigenvalue weighted by Gasteiger charge is 2.26. The third kappa shape index (κ3) is 5.39. The Morgan fingerprint density at radius 1 is 1.35 bits per heavy atom. The lowest BCUT2D eigenvalue weighted by atomic mass is 10.1. The van der Waals surface area contributed by atoms with Crippen molar-refractivity contribution in [2.24, 2.45) is 4.99 Å². The Hall–Kier alpha value is -1.26. The first-order valence-corrected chi connectivity index (χ1v) is 8.04. The van der Waals surface area contributed by atoms with Gasteiger partial charge in [0.25, 0.3) is 0 Å². The number of amides is 1. The summed E-state index contributed by atoms with van der Waals surface area (Å²) in [4.78, 5) is 18.3. The smallest absolute Gasteiger partial charge is 0.222 e. The summed E-state index contributed by atoms with van der Waals surface area (Å²) in [5.74, 6) is 1.21. The monoisotopic (exact) mass is 282 g/mol. The minimum absolute atomic E-state index is 0.323. The first kappa shape index (κ1) is 16.8.